The minimum absolute atomic E-state index is 0.0543. The van der Waals surface area contributed by atoms with Crippen LogP contribution in [-0.2, 0) is 16.0 Å². The van der Waals surface area contributed by atoms with Gasteiger partial charge in [-0.15, -0.1) is 0 Å². The van der Waals surface area contributed by atoms with Gasteiger partial charge in [0.2, 0.25) is 5.88 Å². The normalized spacial score (nSPS) is 17.8. The molecule has 158 valence electrons. The van der Waals surface area contributed by atoms with Gasteiger partial charge in [-0.3, -0.25) is 4.99 Å². The maximum absolute atomic E-state index is 12.2. The highest BCUT2D eigenvalue weighted by Gasteiger charge is 2.28. The van der Waals surface area contributed by atoms with Gasteiger partial charge >= 0.3 is 6.18 Å². The molecule has 0 spiro atoms. The molecule has 1 aromatic heterocycles. The number of pyridine rings is 1. The maximum Gasteiger partial charge on any atom is 0.422 e. The number of rotatable bonds is 9. The van der Waals surface area contributed by atoms with E-state index in [1.807, 2.05) is 0 Å². The third kappa shape index (κ3) is 7.89. The summed E-state index contributed by atoms with van der Waals surface area (Å²) in [4.78, 5) is 10.4. The zero-order valence-electron chi connectivity index (χ0n) is 16.2. The first kappa shape index (κ1) is 22.2. The fourth-order valence-electron chi connectivity index (χ4n) is 2.82. The van der Waals surface area contributed by atoms with Crippen molar-refractivity contribution in [1.82, 2.24) is 15.2 Å². The van der Waals surface area contributed by atoms with Crippen LogP contribution >= 0.6 is 0 Å². The van der Waals surface area contributed by atoms with Crippen molar-refractivity contribution in [3.63, 3.8) is 0 Å². The van der Waals surface area contributed by atoms with Gasteiger partial charge in [0, 0.05) is 52.0 Å². The number of alkyl halides is 3. The smallest absolute Gasteiger partial charge is 0.422 e. The lowest BCUT2D eigenvalue weighted by atomic mass is 10.1. The molecule has 10 heteroatoms. The van der Waals surface area contributed by atoms with Crippen LogP contribution < -0.4 is 10.1 Å². The average molecular weight is 404 g/mol. The fraction of sp³-hybridized carbons (Fsp3) is 0.667. The second kappa shape index (κ2) is 11.1. The summed E-state index contributed by atoms with van der Waals surface area (Å²) >= 11 is 0. The molecular formula is C18H27F3N4O3. The Morgan fingerprint density at radius 2 is 2.18 bits per heavy atom. The number of nitrogens with zero attached hydrogens (tertiary/aromatic N) is 3. The van der Waals surface area contributed by atoms with Gasteiger partial charge in [0.15, 0.2) is 12.6 Å². The number of hydrogen-bond acceptors (Lipinski definition) is 5. The number of methoxy groups -OCH3 is 1. The summed E-state index contributed by atoms with van der Waals surface area (Å²) in [6, 6.07) is 3.10. The Hall–Kier alpha value is -2.07. The molecule has 1 saturated heterocycles. The number of hydrogen-bond donors (Lipinski definition) is 1. The Kier molecular flexibility index (Phi) is 8.78. The number of guanidine groups is 1. The lowest BCUT2D eigenvalue weighted by Crippen LogP contribution is -2.39. The van der Waals surface area contributed by atoms with Crippen molar-refractivity contribution in [3.05, 3.63) is 23.9 Å². The van der Waals surface area contributed by atoms with Gasteiger partial charge in [0.05, 0.1) is 19.8 Å². The van der Waals surface area contributed by atoms with Crippen LogP contribution in [0.15, 0.2) is 23.3 Å². The van der Waals surface area contributed by atoms with E-state index in [9.17, 15) is 13.2 Å². The molecule has 1 fully saturated rings. The largest absolute Gasteiger partial charge is 0.468 e. The Balaban J connectivity index is 1.75. The first-order valence-corrected chi connectivity index (χ1v) is 9.08. The lowest BCUT2D eigenvalue weighted by molar-refractivity contribution is -0.154. The van der Waals surface area contributed by atoms with E-state index in [0.717, 1.165) is 31.0 Å². The Morgan fingerprint density at radius 1 is 1.36 bits per heavy atom. The number of likely N-dealkylation sites (tertiary alicyclic amines) is 1. The van der Waals surface area contributed by atoms with Crippen LogP contribution in [0.2, 0.25) is 0 Å². The number of aromatic nitrogens is 1. The second-order valence-corrected chi connectivity index (χ2v) is 6.48. The Labute approximate surface area is 162 Å². The van der Waals surface area contributed by atoms with Crippen LogP contribution in [-0.4, -0.2) is 75.7 Å². The van der Waals surface area contributed by atoms with E-state index >= 15 is 0 Å². The first-order chi connectivity index (χ1) is 13.4. The highest BCUT2D eigenvalue weighted by atomic mass is 19.4. The summed E-state index contributed by atoms with van der Waals surface area (Å²) in [5, 5.41) is 3.25. The van der Waals surface area contributed by atoms with Crippen molar-refractivity contribution in [2.24, 2.45) is 10.9 Å². The van der Waals surface area contributed by atoms with Crippen LogP contribution in [0.4, 0.5) is 13.2 Å². The average Bonchev–Trinajstić information content (AvgIpc) is 3.13. The summed E-state index contributed by atoms with van der Waals surface area (Å²) in [5.74, 6) is 1.17. The van der Waals surface area contributed by atoms with E-state index in [1.54, 1.807) is 20.2 Å². The van der Waals surface area contributed by atoms with Crippen LogP contribution in [0.1, 0.15) is 12.0 Å². The van der Waals surface area contributed by atoms with Gasteiger partial charge in [-0.1, -0.05) is 6.07 Å². The topological polar surface area (TPSA) is 68.2 Å². The molecule has 0 amide bonds. The summed E-state index contributed by atoms with van der Waals surface area (Å²) in [6.45, 7) is 2.74. The fourth-order valence-corrected chi connectivity index (χ4v) is 2.82. The number of ether oxygens (including phenoxy) is 3. The van der Waals surface area contributed by atoms with Gasteiger partial charge in [-0.05, 0) is 12.0 Å². The molecule has 1 aromatic rings. The van der Waals surface area contributed by atoms with Crippen molar-refractivity contribution in [3.8, 4) is 5.88 Å². The standard InChI is InChI=1S/C18H27F3N4O3/c1-22-17(25-6-5-15(11-25)12-27-8-7-26-2)24-10-14-3-4-16(23-9-14)28-13-18(19,20)21/h3-4,9,15H,5-8,10-13H2,1-2H3,(H,22,24). The van der Waals surface area contributed by atoms with Gasteiger partial charge in [0.1, 0.15) is 0 Å². The molecule has 0 saturated carbocycles. The predicted octanol–water partition coefficient (Wildman–Crippen LogP) is 2.08. The molecule has 1 N–H and O–H groups in total. The first-order valence-electron chi connectivity index (χ1n) is 9.08. The highest BCUT2D eigenvalue weighted by molar-refractivity contribution is 5.80. The molecule has 0 bridgehead atoms. The van der Waals surface area contributed by atoms with Crippen molar-refractivity contribution in [2.45, 2.75) is 19.1 Å². The van der Waals surface area contributed by atoms with E-state index in [4.69, 9.17) is 9.47 Å². The number of nitrogens with one attached hydrogen (secondary N) is 1. The zero-order chi connectivity index (χ0) is 20.4. The molecule has 0 aliphatic carbocycles. The number of halogens is 3. The quantitative estimate of drug-likeness (QED) is 0.386. The molecule has 1 atom stereocenters. The van der Waals surface area contributed by atoms with E-state index < -0.39 is 12.8 Å². The number of aliphatic imine (C=N–C) groups is 1. The molecule has 28 heavy (non-hydrogen) atoms. The monoisotopic (exact) mass is 404 g/mol. The van der Waals surface area contributed by atoms with Crippen molar-refractivity contribution >= 4 is 5.96 Å². The molecule has 1 aliphatic rings. The third-order valence-electron chi connectivity index (χ3n) is 4.21. The van der Waals surface area contributed by atoms with E-state index in [2.05, 4.69) is 24.9 Å². The van der Waals surface area contributed by atoms with Crippen molar-refractivity contribution in [2.75, 3.05) is 53.7 Å². The van der Waals surface area contributed by atoms with Crippen LogP contribution in [0.3, 0.4) is 0 Å². The van der Waals surface area contributed by atoms with Crippen molar-refractivity contribution in [1.29, 1.82) is 0 Å². The van der Waals surface area contributed by atoms with E-state index in [1.165, 1.54) is 12.3 Å². The molecular weight excluding hydrogens is 377 g/mol. The summed E-state index contributed by atoms with van der Waals surface area (Å²) in [6.07, 6.45) is -1.86. The molecule has 0 radical (unpaired) electrons. The Bertz CT molecular complexity index is 611. The zero-order valence-corrected chi connectivity index (χ0v) is 16.2. The highest BCUT2D eigenvalue weighted by Crippen LogP contribution is 2.18. The SMILES string of the molecule is CN=C(NCc1ccc(OCC(F)(F)F)nc1)N1CCC(COCCOC)C1. The lowest BCUT2D eigenvalue weighted by Gasteiger charge is -2.21. The molecule has 2 heterocycles. The summed E-state index contributed by atoms with van der Waals surface area (Å²) in [7, 11) is 3.37. The van der Waals surface area contributed by atoms with Gasteiger partial charge < -0.3 is 24.4 Å². The van der Waals surface area contributed by atoms with Gasteiger partial charge in [0.25, 0.3) is 0 Å². The molecule has 2 rings (SSSR count). The van der Waals surface area contributed by atoms with Gasteiger partial charge in [-0.25, -0.2) is 4.98 Å². The third-order valence-corrected chi connectivity index (χ3v) is 4.21. The second-order valence-electron chi connectivity index (χ2n) is 6.48. The van der Waals surface area contributed by atoms with Crippen LogP contribution in [0.5, 0.6) is 5.88 Å². The predicted molar refractivity (Wildman–Crippen MR) is 98.4 cm³/mol. The summed E-state index contributed by atoms with van der Waals surface area (Å²) in [5.41, 5.74) is 0.819. The molecule has 1 unspecified atom stereocenters. The minimum Gasteiger partial charge on any atom is -0.468 e. The molecule has 7 nitrogen and oxygen atoms in total. The van der Waals surface area contributed by atoms with E-state index in [0.29, 0.717) is 32.3 Å². The minimum atomic E-state index is -4.38. The summed E-state index contributed by atoms with van der Waals surface area (Å²) < 4.78 is 51.6. The maximum atomic E-state index is 12.2. The van der Waals surface area contributed by atoms with Gasteiger partial charge in [-0.2, -0.15) is 13.2 Å². The molecule has 1 aliphatic heterocycles. The Morgan fingerprint density at radius 3 is 2.82 bits per heavy atom. The van der Waals surface area contributed by atoms with Crippen molar-refractivity contribution < 1.29 is 27.4 Å². The van der Waals surface area contributed by atoms with E-state index in [-0.39, 0.29) is 5.88 Å². The van der Waals surface area contributed by atoms with Crippen LogP contribution in [0, 0.1) is 5.92 Å². The van der Waals surface area contributed by atoms with Crippen LogP contribution in [0.25, 0.3) is 0 Å². The molecule has 0 aromatic carbocycles.